The molecule has 154 valence electrons. The Kier molecular flexibility index (Phi) is 6.19. The molecule has 2 atom stereocenters. The summed E-state index contributed by atoms with van der Waals surface area (Å²) in [6, 6.07) is 2.72. The zero-order chi connectivity index (χ0) is 19.5. The molecule has 0 radical (unpaired) electrons. The SMILES string of the molecule is CC1CC(C)CN(c2cc(N3CCCCCC3)nc(NC(=S)NC3CC3)n2)C1. The molecule has 1 saturated carbocycles. The number of nitrogens with zero attached hydrogens (tertiary/aromatic N) is 4. The fraction of sp³-hybridized carbons (Fsp3) is 0.762. The maximum atomic E-state index is 5.48. The van der Waals surface area contributed by atoms with E-state index in [4.69, 9.17) is 22.2 Å². The maximum Gasteiger partial charge on any atom is 0.232 e. The maximum absolute atomic E-state index is 5.48. The van der Waals surface area contributed by atoms with E-state index in [1.165, 1.54) is 44.9 Å². The zero-order valence-corrected chi connectivity index (χ0v) is 18.1. The van der Waals surface area contributed by atoms with Crippen LogP contribution in [0.2, 0.25) is 0 Å². The minimum atomic E-state index is 0.525. The van der Waals surface area contributed by atoms with Gasteiger partial charge in [-0.15, -0.1) is 0 Å². The summed E-state index contributed by atoms with van der Waals surface area (Å²) in [7, 11) is 0. The Hall–Kier alpha value is -1.63. The van der Waals surface area contributed by atoms with Crippen LogP contribution in [0.25, 0.3) is 0 Å². The van der Waals surface area contributed by atoms with Crippen molar-refractivity contribution >= 4 is 34.9 Å². The van der Waals surface area contributed by atoms with Crippen molar-refractivity contribution in [3.8, 4) is 0 Å². The average molecular weight is 403 g/mol. The molecule has 2 N–H and O–H groups in total. The van der Waals surface area contributed by atoms with Crippen LogP contribution in [0.5, 0.6) is 0 Å². The summed E-state index contributed by atoms with van der Waals surface area (Å²) in [5.41, 5.74) is 0. The van der Waals surface area contributed by atoms with E-state index in [2.05, 4.69) is 40.3 Å². The summed E-state index contributed by atoms with van der Waals surface area (Å²) in [5, 5.41) is 7.23. The molecule has 28 heavy (non-hydrogen) atoms. The number of hydrogen-bond donors (Lipinski definition) is 2. The molecule has 7 heteroatoms. The summed E-state index contributed by atoms with van der Waals surface area (Å²) >= 11 is 5.48. The molecular formula is C21H34N6S. The van der Waals surface area contributed by atoms with E-state index in [0.29, 0.717) is 28.9 Å². The van der Waals surface area contributed by atoms with Crippen LogP contribution in [-0.4, -0.2) is 47.3 Å². The number of thiocarbonyl (C=S) groups is 1. The standard InChI is InChI=1S/C21H34N6S/c1-15-11-16(2)14-27(13-15)19-12-18(26-9-5-3-4-6-10-26)23-20(24-19)25-21(28)22-17-7-8-17/h12,15-17H,3-11,13-14H2,1-2H3,(H2,22,23,24,25,28). The zero-order valence-electron chi connectivity index (χ0n) is 17.3. The lowest BCUT2D eigenvalue weighted by Crippen LogP contribution is -2.39. The lowest BCUT2D eigenvalue weighted by atomic mass is 9.92. The molecule has 1 aromatic heterocycles. The Balaban J connectivity index is 1.58. The smallest absolute Gasteiger partial charge is 0.232 e. The molecule has 6 nitrogen and oxygen atoms in total. The molecule has 0 amide bonds. The highest BCUT2D eigenvalue weighted by atomic mass is 32.1. The van der Waals surface area contributed by atoms with E-state index < -0.39 is 0 Å². The molecule has 3 aliphatic rings. The van der Waals surface area contributed by atoms with Crippen LogP contribution in [0.4, 0.5) is 17.6 Å². The predicted molar refractivity (Wildman–Crippen MR) is 120 cm³/mol. The first-order chi connectivity index (χ1) is 13.6. The fourth-order valence-corrected chi connectivity index (χ4v) is 4.76. The average Bonchev–Trinajstić information content (AvgIpc) is 3.47. The highest BCUT2D eigenvalue weighted by Crippen LogP contribution is 2.29. The highest BCUT2D eigenvalue weighted by Gasteiger charge is 2.25. The van der Waals surface area contributed by atoms with E-state index in [0.717, 1.165) is 37.8 Å². The second-order valence-corrected chi connectivity index (χ2v) is 9.44. The number of aromatic nitrogens is 2. The topological polar surface area (TPSA) is 56.3 Å². The van der Waals surface area contributed by atoms with Crippen molar-refractivity contribution in [2.75, 3.05) is 41.3 Å². The minimum absolute atomic E-state index is 0.525. The molecule has 3 fully saturated rings. The summed E-state index contributed by atoms with van der Waals surface area (Å²) < 4.78 is 0. The Morgan fingerprint density at radius 1 is 0.964 bits per heavy atom. The predicted octanol–water partition coefficient (Wildman–Crippen LogP) is 3.79. The van der Waals surface area contributed by atoms with Gasteiger partial charge in [0.25, 0.3) is 0 Å². The molecule has 2 aliphatic heterocycles. The molecule has 0 spiro atoms. The first kappa shape index (κ1) is 19.7. The molecule has 2 saturated heterocycles. The van der Waals surface area contributed by atoms with Gasteiger partial charge in [-0.3, -0.25) is 0 Å². The summed E-state index contributed by atoms with van der Waals surface area (Å²) in [4.78, 5) is 14.6. The van der Waals surface area contributed by atoms with Crippen LogP contribution in [0.1, 0.15) is 58.8 Å². The van der Waals surface area contributed by atoms with Crippen LogP contribution in [-0.2, 0) is 0 Å². The first-order valence-electron chi connectivity index (χ1n) is 11.0. The Morgan fingerprint density at radius 2 is 1.57 bits per heavy atom. The molecule has 2 unspecified atom stereocenters. The number of rotatable bonds is 4. The summed E-state index contributed by atoms with van der Waals surface area (Å²) in [6.45, 7) is 8.96. The van der Waals surface area contributed by atoms with E-state index >= 15 is 0 Å². The van der Waals surface area contributed by atoms with Gasteiger partial charge in [-0.1, -0.05) is 26.7 Å². The van der Waals surface area contributed by atoms with Gasteiger partial charge in [0.05, 0.1) is 0 Å². The van der Waals surface area contributed by atoms with Crippen molar-refractivity contribution in [2.45, 2.75) is 64.8 Å². The van der Waals surface area contributed by atoms with E-state index in [9.17, 15) is 0 Å². The molecule has 3 heterocycles. The van der Waals surface area contributed by atoms with E-state index in [-0.39, 0.29) is 0 Å². The second kappa shape index (κ2) is 8.80. The van der Waals surface area contributed by atoms with Crippen molar-refractivity contribution in [2.24, 2.45) is 11.8 Å². The van der Waals surface area contributed by atoms with Crippen molar-refractivity contribution in [1.29, 1.82) is 0 Å². The highest BCUT2D eigenvalue weighted by molar-refractivity contribution is 7.80. The minimum Gasteiger partial charge on any atom is -0.360 e. The molecule has 0 bridgehead atoms. The van der Waals surface area contributed by atoms with Crippen LogP contribution in [0.15, 0.2) is 6.07 Å². The van der Waals surface area contributed by atoms with Gasteiger partial charge in [0.2, 0.25) is 5.95 Å². The lowest BCUT2D eigenvalue weighted by Gasteiger charge is -2.36. The normalized spacial score (nSPS) is 25.9. The Labute approximate surface area is 174 Å². The number of nitrogens with one attached hydrogen (secondary N) is 2. The summed E-state index contributed by atoms with van der Waals surface area (Å²) in [6.07, 6.45) is 8.80. The van der Waals surface area contributed by atoms with Crippen molar-refractivity contribution in [3.05, 3.63) is 6.07 Å². The van der Waals surface area contributed by atoms with E-state index in [1.807, 2.05) is 0 Å². The Bertz CT molecular complexity index is 673. The van der Waals surface area contributed by atoms with Gasteiger partial charge in [-0.05, 0) is 56.2 Å². The van der Waals surface area contributed by atoms with Crippen LogP contribution < -0.4 is 20.4 Å². The summed E-state index contributed by atoms with van der Waals surface area (Å²) in [5.74, 6) is 4.07. The second-order valence-electron chi connectivity index (χ2n) is 9.03. The van der Waals surface area contributed by atoms with Crippen molar-refractivity contribution in [3.63, 3.8) is 0 Å². The largest absolute Gasteiger partial charge is 0.360 e. The van der Waals surface area contributed by atoms with Crippen molar-refractivity contribution in [1.82, 2.24) is 15.3 Å². The fourth-order valence-electron chi connectivity index (χ4n) is 4.50. The Morgan fingerprint density at radius 3 is 2.18 bits per heavy atom. The number of piperidine rings is 1. The lowest BCUT2D eigenvalue weighted by molar-refractivity contribution is 0.355. The van der Waals surface area contributed by atoms with Crippen LogP contribution >= 0.6 is 12.2 Å². The van der Waals surface area contributed by atoms with Gasteiger partial charge in [0.1, 0.15) is 11.6 Å². The first-order valence-corrected chi connectivity index (χ1v) is 11.4. The molecule has 0 aromatic carbocycles. The molecule has 1 aliphatic carbocycles. The third kappa shape index (κ3) is 5.25. The number of anilines is 3. The number of hydrogen-bond acceptors (Lipinski definition) is 5. The van der Waals surface area contributed by atoms with Gasteiger partial charge in [0, 0.05) is 38.3 Å². The van der Waals surface area contributed by atoms with Gasteiger partial charge in [0.15, 0.2) is 5.11 Å². The quantitative estimate of drug-likeness (QED) is 0.743. The van der Waals surface area contributed by atoms with Crippen molar-refractivity contribution < 1.29 is 0 Å². The molecular weight excluding hydrogens is 368 g/mol. The third-order valence-electron chi connectivity index (χ3n) is 5.96. The van der Waals surface area contributed by atoms with Gasteiger partial charge >= 0.3 is 0 Å². The van der Waals surface area contributed by atoms with Gasteiger partial charge in [-0.2, -0.15) is 9.97 Å². The molecule has 4 rings (SSSR count). The third-order valence-corrected chi connectivity index (χ3v) is 6.18. The van der Waals surface area contributed by atoms with Crippen LogP contribution in [0, 0.1) is 11.8 Å². The van der Waals surface area contributed by atoms with E-state index in [1.54, 1.807) is 0 Å². The van der Waals surface area contributed by atoms with Crippen LogP contribution in [0.3, 0.4) is 0 Å². The van der Waals surface area contributed by atoms with Gasteiger partial charge in [-0.25, -0.2) is 0 Å². The molecule has 1 aromatic rings. The monoisotopic (exact) mass is 402 g/mol. The van der Waals surface area contributed by atoms with Gasteiger partial charge < -0.3 is 20.4 Å².